The summed E-state index contributed by atoms with van der Waals surface area (Å²) in [6.45, 7) is 3.90. The Morgan fingerprint density at radius 1 is 1.17 bits per heavy atom. The van der Waals surface area contributed by atoms with Gasteiger partial charge in [0.2, 0.25) is 5.91 Å². The highest BCUT2D eigenvalue weighted by molar-refractivity contribution is 5.80. The third-order valence-corrected chi connectivity index (χ3v) is 4.11. The first kappa shape index (κ1) is 13.3. The van der Waals surface area contributed by atoms with Crippen LogP contribution in [0.2, 0.25) is 0 Å². The number of aliphatic carboxylic acids is 1. The van der Waals surface area contributed by atoms with Crippen molar-refractivity contribution in [2.75, 3.05) is 19.6 Å². The molecule has 2 fully saturated rings. The summed E-state index contributed by atoms with van der Waals surface area (Å²) in [6, 6.07) is -0.161. The molecule has 2 rings (SSSR count). The molecule has 1 amide bonds. The van der Waals surface area contributed by atoms with Crippen LogP contribution in [0.25, 0.3) is 0 Å². The van der Waals surface area contributed by atoms with E-state index in [0.717, 1.165) is 32.4 Å². The summed E-state index contributed by atoms with van der Waals surface area (Å²) in [5.74, 6) is -0.706. The first-order valence-electron chi connectivity index (χ1n) is 6.86. The van der Waals surface area contributed by atoms with E-state index in [2.05, 4.69) is 6.92 Å². The summed E-state index contributed by atoms with van der Waals surface area (Å²) in [5, 5.41) is 9.09. The predicted molar refractivity (Wildman–Crippen MR) is 67.3 cm³/mol. The van der Waals surface area contributed by atoms with Crippen LogP contribution >= 0.6 is 0 Å². The number of hydrogen-bond acceptors (Lipinski definition) is 3. The van der Waals surface area contributed by atoms with Crippen molar-refractivity contribution in [3.63, 3.8) is 0 Å². The van der Waals surface area contributed by atoms with E-state index in [1.807, 2.05) is 9.80 Å². The lowest BCUT2D eigenvalue weighted by atomic mass is 10.0. The second-order valence-corrected chi connectivity index (χ2v) is 5.40. The predicted octanol–water partition coefficient (Wildman–Crippen LogP) is 0.936. The number of carbonyl (C=O) groups excluding carboxylic acids is 1. The zero-order valence-corrected chi connectivity index (χ0v) is 11.0. The van der Waals surface area contributed by atoms with Gasteiger partial charge < -0.3 is 10.0 Å². The molecule has 0 aromatic heterocycles. The van der Waals surface area contributed by atoms with Crippen LogP contribution in [-0.2, 0) is 9.59 Å². The molecule has 2 unspecified atom stereocenters. The fourth-order valence-corrected chi connectivity index (χ4v) is 3.03. The number of rotatable bonds is 3. The highest BCUT2D eigenvalue weighted by atomic mass is 16.4. The normalized spacial score (nSPS) is 29.5. The number of hydrogen-bond donors (Lipinski definition) is 1. The van der Waals surface area contributed by atoms with Gasteiger partial charge in [-0.25, -0.2) is 0 Å². The van der Waals surface area contributed by atoms with Gasteiger partial charge in [0.05, 0.1) is 6.54 Å². The van der Waals surface area contributed by atoms with E-state index >= 15 is 0 Å². The third-order valence-electron chi connectivity index (χ3n) is 4.11. The topological polar surface area (TPSA) is 60.9 Å². The van der Waals surface area contributed by atoms with Crippen molar-refractivity contribution in [3.05, 3.63) is 0 Å². The average Bonchev–Trinajstić information content (AvgIpc) is 2.77. The molecule has 2 atom stereocenters. The van der Waals surface area contributed by atoms with Crippen LogP contribution < -0.4 is 0 Å². The van der Waals surface area contributed by atoms with Gasteiger partial charge >= 0.3 is 5.97 Å². The van der Waals surface area contributed by atoms with Gasteiger partial charge in [0, 0.05) is 12.6 Å². The molecule has 0 aromatic carbocycles. The van der Waals surface area contributed by atoms with E-state index in [1.54, 1.807) is 0 Å². The van der Waals surface area contributed by atoms with Gasteiger partial charge in [0.1, 0.15) is 6.04 Å². The molecule has 2 saturated heterocycles. The molecule has 2 aliphatic heterocycles. The highest BCUT2D eigenvalue weighted by Gasteiger charge is 2.33. The lowest BCUT2D eigenvalue weighted by molar-refractivity contribution is -0.144. The van der Waals surface area contributed by atoms with Crippen molar-refractivity contribution in [2.45, 2.75) is 51.1 Å². The minimum absolute atomic E-state index is 0.0929. The van der Waals surface area contributed by atoms with Gasteiger partial charge in [-0.15, -0.1) is 0 Å². The Morgan fingerprint density at radius 3 is 2.61 bits per heavy atom. The Labute approximate surface area is 108 Å². The van der Waals surface area contributed by atoms with Crippen molar-refractivity contribution in [1.82, 2.24) is 9.80 Å². The van der Waals surface area contributed by atoms with Crippen molar-refractivity contribution >= 4 is 11.9 Å². The monoisotopic (exact) mass is 254 g/mol. The summed E-state index contributed by atoms with van der Waals surface area (Å²) in [6.07, 6.45) is 4.86. The van der Waals surface area contributed by atoms with Crippen LogP contribution in [0, 0.1) is 0 Å². The van der Waals surface area contributed by atoms with Crippen LogP contribution in [0.4, 0.5) is 0 Å². The number of likely N-dealkylation sites (tertiary alicyclic amines) is 2. The SMILES string of the molecule is CC1CCCCN1C(=O)CN1CCCC1C(=O)O. The summed E-state index contributed by atoms with van der Waals surface area (Å²) in [7, 11) is 0. The minimum atomic E-state index is -0.799. The largest absolute Gasteiger partial charge is 0.480 e. The van der Waals surface area contributed by atoms with E-state index in [0.29, 0.717) is 12.5 Å². The molecule has 2 heterocycles. The van der Waals surface area contributed by atoms with Gasteiger partial charge in [-0.3, -0.25) is 14.5 Å². The Hall–Kier alpha value is -1.10. The van der Waals surface area contributed by atoms with Crippen LogP contribution in [0.3, 0.4) is 0 Å². The maximum absolute atomic E-state index is 12.2. The molecule has 0 aromatic rings. The molecule has 0 bridgehead atoms. The average molecular weight is 254 g/mol. The van der Waals surface area contributed by atoms with Gasteiger partial charge in [-0.2, -0.15) is 0 Å². The van der Waals surface area contributed by atoms with Gasteiger partial charge in [0.15, 0.2) is 0 Å². The fourth-order valence-electron chi connectivity index (χ4n) is 3.03. The Kier molecular flexibility index (Phi) is 4.22. The summed E-state index contributed by atoms with van der Waals surface area (Å²) in [5.41, 5.74) is 0. The third kappa shape index (κ3) is 2.83. The zero-order valence-electron chi connectivity index (χ0n) is 11.0. The second-order valence-electron chi connectivity index (χ2n) is 5.40. The molecule has 0 radical (unpaired) electrons. The number of carboxylic acids is 1. The first-order chi connectivity index (χ1) is 8.59. The van der Waals surface area contributed by atoms with Crippen molar-refractivity contribution in [2.24, 2.45) is 0 Å². The fraction of sp³-hybridized carbons (Fsp3) is 0.846. The van der Waals surface area contributed by atoms with Crippen molar-refractivity contribution in [3.8, 4) is 0 Å². The molecule has 5 nitrogen and oxygen atoms in total. The van der Waals surface area contributed by atoms with E-state index in [-0.39, 0.29) is 12.5 Å². The Morgan fingerprint density at radius 2 is 1.94 bits per heavy atom. The van der Waals surface area contributed by atoms with Crippen LogP contribution in [0.5, 0.6) is 0 Å². The molecular formula is C13H22N2O3. The first-order valence-corrected chi connectivity index (χ1v) is 6.86. The molecule has 0 saturated carbocycles. The zero-order chi connectivity index (χ0) is 13.1. The summed E-state index contributed by atoms with van der Waals surface area (Å²) in [4.78, 5) is 27.0. The van der Waals surface area contributed by atoms with Crippen molar-refractivity contribution in [1.29, 1.82) is 0 Å². The van der Waals surface area contributed by atoms with E-state index in [9.17, 15) is 9.59 Å². The van der Waals surface area contributed by atoms with Crippen LogP contribution in [0.15, 0.2) is 0 Å². The molecule has 1 N–H and O–H groups in total. The van der Waals surface area contributed by atoms with Crippen LogP contribution in [-0.4, -0.2) is 58.5 Å². The van der Waals surface area contributed by atoms with E-state index in [4.69, 9.17) is 5.11 Å². The standard InChI is InChI=1S/C13H22N2O3/c1-10-5-2-3-8-15(10)12(16)9-14-7-4-6-11(14)13(17)18/h10-11H,2-9H2,1H3,(H,17,18). The molecular weight excluding hydrogens is 232 g/mol. The van der Waals surface area contributed by atoms with Crippen LogP contribution in [0.1, 0.15) is 39.0 Å². The smallest absolute Gasteiger partial charge is 0.320 e. The maximum Gasteiger partial charge on any atom is 0.320 e. The Balaban J connectivity index is 1.92. The number of carbonyl (C=O) groups is 2. The lowest BCUT2D eigenvalue weighted by Crippen LogP contribution is -2.48. The summed E-state index contributed by atoms with van der Waals surface area (Å²) >= 11 is 0. The van der Waals surface area contributed by atoms with Gasteiger partial charge in [-0.05, 0) is 45.6 Å². The van der Waals surface area contributed by atoms with Crippen molar-refractivity contribution < 1.29 is 14.7 Å². The molecule has 102 valence electrons. The number of amides is 1. The Bertz CT molecular complexity index is 332. The highest BCUT2D eigenvalue weighted by Crippen LogP contribution is 2.20. The lowest BCUT2D eigenvalue weighted by Gasteiger charge is -2.35. The molecule has 0 aliphatic carbocycles. The van der Waals surface area contributed by atoms with Gasteiger partial charge in [0.25, 0.3) is 0 Å². The molecule has 0 spiro atoms. The summed E-state index contributed by atoms with van der Waals surface area (Å²) < 4.78 is 0. The number of nitrogens with zero attached hydrogens (tertiary/aromatic N) is 2. The second kappa shape index (κ2) is 5.69. The minimum Gasteiger partial charge on any atom is -0.480 e. The maximum atomic E-state index is 12.2. The van der Waals surface area contributed by atoms with E-state index < -0.39 is 12.0 Å². The molecule has 18 heavy (non-hydrogen) atoms. The number of piperidine rings is 1. The quantitative estimate of drug-likeness (QED) is 0.814. The number of carboxylic acid groups (broad SMARTS) is 1. The van der Waals surface area contributed by atoms with E-state index in [1.165, 1.54) is 6.42 Å². The molecule has 5 heteroatoms. The molecule has 2 aliphatic rings. The van der Waals surface area contributed by atoms with Gasteiger partial charge in [-0.1, -0.05) is 0 Å².